The lowest BCUT2D eigenvalue weighted by Gasteiger charge is -2.19. The van der Waals surface area contributed by atoms with Crippen LogP contribution in [-0.4, -0.2) is 0 Å². The summed E-state index contributed by atoms with van der Waals surface area (Å²) < 4.78 is 0. The zero-order chi connectivity index (χ0) is 18.6. The number of hydrogen-bond acceptors (Lipinski definition) is 0. The highest BCUT2D eigenvalue weighted by molar-refractivity contribution is 5.72. The van der Waals surface area contributed by atoms with Crippen molar-refractivity contribution < 1.29 is 0 Å². The van der Waals surface area contributed by atoms with E-state index in [0.717, 1.165) is 19.3 Å². The Morgan fingerprint density at radius 3 is 2.37 bits per heavy atom. The van der Waals surface area contributed by atoms with E-state index in [9.17, 15) is 0 Å². The normalized spacial score (nSPS) is 15.7. The predicted octanol–water partition coefficient (Wildman–Crippen LogP) is 7.14. The maximum Gasteiger partial charge on any atom is -0.00779 e. The van der Waals surface area contributed by atoms with Gasteiger partial charge in [0.25, 0.3) is 0 Å². The van der Waals surface area contributed by atoms with Crippen molar-refractivity contribution in [2.75, 3.05) is 0 Å². The standard InChI is InChI=1S/C27H30/c1-3-5-10-20-15-16-27-23(17-20)19-24(18-22-12-7-9-14-26(22)27)25-13-8-6-11-21(25)4-2/h6-9,11-17,24H,3-5,10,18-19H2,1-2H3. The fraction of sp³-hybridized carbons (Fsp3) is 0.333. The van der Waals surface area contributed by atoms with Crippen LogP contribution in [0.2, 0.25) is 0 Å². The van der Waals surface area contributed by atoms with Crippen LogP contribution in [0.3, 0.4) is 0 Å². The summed E-state index contributed by atoms with van der Waals surface area (Å²) in [6.45, 7) is 4.55. The van der Waals surface area contributed by atoms with Gasteiger partial charge in [-0.15, -0.1) is 0 Å². The van der Waals surface area contributed by atoms with Crippen molar-refractivity contribution in [1.29, 1.82) is 0 Å². The first-order chi connectivity index (χ1) is 13.3. The van der Waals surface area contributed by atoms with Gasteiger partial charge in [-0.3, -0.25) is 0 Å². The molecule has 1 unspecified atom stereocenters. The van der Waals surface area contributed by atoms with Crippen molar-refractivity contribution in [3.05, 3.63) is 94.5 Å². The minimum absolute atomic E-state index is 0.560. The van der Waals surface area contributed by atoms with Gasteiger partial charge in [-0.2, -0.15) is 0 Å². The molecule has 1 aliphatic carbocycles. The molecule has 27 heavy (non-hydrogen) atoms. The topological polar surface area (TPSA) is 0 Å². The first kappa shape index (κ1) is 18.0. The second-order valence-corrected chi connectivity index (χ2v) is 7.91. The summed E-state index contributed by atoms with van der Waals surface area (Å²) >= 11 is 0. The van der Waals surface area contributed by atoms with Crippen molar-refractivity contribution in [2.24, 2.45) is 0 Å². The van der Waals surface area contributed by atoms with Crippen LogP contribution in [0.4, 0.5) is 0 Å². The molecule has 0 bridgehead atoms. The lowest BCUT2D eigenvalue weighted by atomic mass is 9.85. The molecule has 0 heteroatoms. The molecule has 1 atom stereocenters. The quantitative estimate of drug-likeness (QED) is 0.457. The van der Waals surface area contributed by atoms with Crippen molar-refractivity contribution >= 4 is 0 Å². The highest BCUT2D eigenvalue weighted by Gasteiger charge is 2.23. The van der Waals surface area contributed by atoms with E-state index in [4.69, 9.17) is 0 Å². The molecule has 0 aromatic heterocycles. The van der Waals surface area contributed by atoms with Crippen molar-refractivity contribution in [1.82, 2.24) is 0 Å². The average Bonchev–Trinajstić information content (AvgIpc) is 2.88. The van der Waals surface area contributed by atoms with Gasteiger partial charge in [0.1, 0.15) is 0 Å². The summed E-state index contributed by atoms with van der Waals surface area (Å²) in [7, 11) is 0. The van der Waals surface area contributed by atoms with Gasteiger partial charge in [0, 0.05) is 0 Å². The zero-order valence-corrected chi connectivity index (χ0v) is 16.7. The highest BCUT2D eigenvalue weighted by Crippen LogP contribution is 2.39. The van der Waals surface area contributed by atoms with Gasteiger partial charge in [-0.25, -0.2) is 0 Å². The molecule has 0 heterocycles. The first-order valence-electron chi connectivity index (χ1n) is 10.6. The minimum Gasteiger partial charge on any atom is -0.0654 e. The molecule has 0 saturated heterocycles. The van der Waals surface area contributed by atoms with E-state index >= 15 is 0 Å². The molecule has 4 rings (SSSR count). The fourth-order valence-corrected chi connectivity index (χ4v) is 4.65. The summed E-state index contributed by atoms with van der Waals surface area (Å²) in [6, 6.07) is 25.3. The lowest BCUT2D eigenvalue weighted by molar-refractivity contribution is 0.679. The summed E-state index contributed by atoms with van der Waals surface area (Å²) in [5, 5.41) is 0. The molecule has 1 aliphatic rings. The van der Waals surface area contributed by atoms with Crippen LogP contribution < -0.4 is 0 Å². The number of fused-ring (bicyclic) bond motifs is 3. The van der Waals surface area contributed by atoms with Crippen LogP contribution in [0.5, 0.6) is 0 Å². The number of unbranched alkanes of at least 4 members (excludes halogenated alkanes) is 1. The Morgan fingerprint density at radius 2 is 1.52 bits per heavy atom. The largest absolute Gasteiger partial charge is 0.0654 e. The van der Waals surface area contributed by atoms with Crippen LogP contribution in [0.25, 0.3) is 11.1 Å². The Balaban J connectivity index is 1.81. The highest BCUT2D eigenvalue weighted by atomic mass is 14.3. The van der Waals surface area contributed by atoms with Gasteiger partial charge >= 0.3 is 0 Å². The molecule has 0 aliphatic heterocycles. The number of benzene rings is 3. The van der Waals surface area contributed by atoms with Crippen molar-refractivity contribution in [2.45, 2.75) is 58.3 Å². The Labute approximate surface area is 164 Å². The van der Waals surface area contributed by atoms with Crippen molar-refractivity contribution in [3.63, 3.8) is 0 Å². The van der Waals surface area contributed by atoms with Crippen LogP contribution in [0.15, 0.2) is 66.7 Å². The lowest BCUT2D eigenvalue weighted by Crippen LogP contribution is -2.08. The van der Waals surface area contributed by atoms with Gasteiger partial charge in [0.15, 0.2) is 0 Å². The van der Waals surface area contributed by atoms with E-state index in [-0.39, 0.29) is 0 Å². The molecule has 0 saturated carbocycles. The molecular weight excluding hydrogens is 324 g/mol. The van der Waals surface area contributed by atoms with Crippen molar-refractivity contribution in [3.8, 4) is 11.1 Å². The third-order valence-electron chi connectivity index (χ3n) is 6.10. The van der Waals surface area contributed by atoms with E-state index in [0.29, 0.717) is 5.92 Å². The molecule has 0 nitrogen and oxygen atoms in total. The molecule has 0 radical (unpaired) electrons. The Kier molecular flexibility index (Phi) is 5.43. The summed E-state index contributed by atoms with van der Waals surface area (Å²) in [4.78, 5) is 0. The Bertz CT molecular complexity index is 919. The SMILES string of the molecule is CCCCc1ccc2c(c1)CC(c1ccccc1CC)Cc1ccccc1-2. The van der Waals surface area contributed by atoms with Crippen LogP contribution in [0, 0.1) is 0 Å². The smallest absolute Gasteiger partial charge is 0.00779 e. The van der Waals surface area contributed by atoms with E-state index in [1.165, 1.54) is 52.6 Å². The Morgan fingerprint density at radius 1 is 0.778 bits per heavy atom. The number of hydrogen-bond donors (Lipinski definition) is 0. The molecule has 0 spiro atoms. The second-order valence-electron chi connectivity index (χ2n) is 7.91. The van der Waals surface area contributed by atoms with E-state index in [1.807, 2.05) is 0 Å². The van der Waals surface area contributed by atoms with Crippen LogP contribution in [0.1, 0.15) is 60.4 Å². The molecule has 0 N–H and O–H groups in total. The number of rotatable bonds is 5. The number of aryl methyl sites for hydroxylation is 2. The fourth-order valence-electron chi connectivity index (χ4n) is 4.65. The molecule has 138 valence electrons. The van der Waals surface area contributed by atoms with E-state index < -0.39 is 0 Å². The monoisotopic (exact) mass is 354 g/mol. The van der Waals surface area contributed by atoms with Crippen LogP contribution in [-0.2, 0) is 25.7 Å². The summed E-state index contributed by atoms with van der Waals surface area (Å²) in [5.74, 6) is 0.560. The molecule has 3 aromatic rings. The maximum absolute atomic E-state index is 2.49. The maximum atomic E-state index is 2.49. The third kappa shape index (κ3) is 3.72. The molecule has 0 amide bonds. The summed E-state index contributed by atoms with van der Waals surface area (Å²) in [6.07, 6.45) is 7.11. The molecular formula is C27H30. The minimum atomic E-state index is 0.560. The second kappa shape index (κ2) is 8.13. The third-order valence-corrected chi connectivity index (χ3v) is 6.10. The van der Waals surface area contributed by atoms with Gasteiger partial charge in [0.2, 0.25) is 0 Å². The van der Waals surface area contributed by atoms with Gasteiger partial charge in [-0.1, -0.05) is 87.0 Å². The molecule has 3 aromatic carbocycles. The average molecular weight is 355 g/mol. The van der Waals surface area contributed by atoms with Gasteiger partial charge < -0.3 is 0 Å². The summed E-state index contributed by atoms with van der Waals surface area (Å²) in [5.41, 5.74) is 10.5. The van der Waals surface area contributed by atoms with E-state index in [2.05, 4.69) is 80.6 Å². The van der Waals surface area contributed by atoms with E-state index in [1.54, 1.807) is 5.56 Å². The predicted molar refractivity (Wildman–Crippen MR) is 116 cm³/mol. The first-order valence-corrected chi connectivity index (χ1v) is 10.6. The van der Waals surface area contributed by atoms with Gasteiger partial charge in [-0.05, 0) is 77.0 Å². The van der Waals surface area contributed by atoms with Gasteiger partial charge in [0.05, 0.1) is 0 Å². The molecule has 0 fully saturated rings. The zero-order valence-electron chi connectivity index (χ0n) is 16.7. The Hall–Kier alpha value is -2.34. The van der Waals surface area contributed by atoms with Crippen LogP contribution >= 0.6 is 0 Å².